The van der Waals surface area contributed by atoms with Crippen LogP contribution < -0.4 is 10.8 Å². The molecule has 1 aliphatic rings. The average molecular weight is 199 g/mol. The highest BCUT2D eigenvalue weighted by Gasteiger charge is 2.19. The predicted molar refractivity (Wildman–Crippen MR) is 47.3 cm³/mol. The molecule has 1 aliphatic heterocycles. The van der Waals surface area contributed by atoms with Crippen molar-refractivity contribution in [1.29, 1.82) is 0 Å². The summed E-state index contributed by atoms with van der Waals surface area (Å²) < 4.78 is 0. The lowest BCUT2D eigenvalue weighted by Gasteiger charge is -2.26. The van der Waals surface area contributed by atoms with E-state index in [9.17, 15) is 4.79 Å². The molecule has 1 aromatic heterocycles. The number of carbonyl (C=O) groups is 1. The van der Waals surface area contributed by atoms with E-state index in [1.165, 1.54) is 17.5 Å². The van der Waals surface area contributed by atoms with Crippen LogP contribution in [0.3, 0.4) is 0 Å². The number of nitrogens with one attached hydrogen (secondary N) is 2. The van der Waals surface area contributed by atoms with Crippen molar-refractivity contribution in [2.75, 3.05) is 13.1 Å². The standard InChI is InChI=1S/C7H9N3O2S/c11-7(6-3-9-4-13-6)10-12-5-1-8-2-5/h3-5,8H,1-2H2,(H,10,11). The summed E-state index contributed by atoms with van der Waals surface area (Å²) >= 11 is 1.29. The second-order valence-electron chi connectivity index (χ2n) is 2.69. The molecule has 0 saturated carbocycles. The zero-order chi connectivity index (χ0) is 9.10. The lowest BCUT2D eigenvalue weighted by molar-refractivity contribution is -0.0379. The molecule has 0 spiro atoms. The number of thiazole rings is 1. The topological polar surface area (TPSA) is 63.2 Å². The summed E-state index contributed by atoms with van der Waals surface area (Å²) in [6.45, 7) is 1.59. The van der Waals surface area contributed by atoms with Crippen LogP contribution in [-0.4, -0.2) is 30.1 Å². The van der Waals surface area contributed by atoms with Gasteiger partial charge >= 0.3 is 0 Å². The van der Waals surface area contributed by atoms with Gasteiger partial charge in [-0.05, 0) is 0 Å². The Labute approximate surface area is 79.1 Å². The zero-order valence-electron chi connectivity index (χ0n) is 6.82. The van der Waals surface area contributed by atoms with Crippen LogP contribution in [0.5, 0.6) is 0 Å². The smallest absolute Gasteiger partial charge is 0.286 e. The van der Waals surface area contributed by atoms with Crippen LogP contribution in [0.15, 0.2) is 11.7 Å². The maximum absolute atomic E-state index is 11.3. The first-order valence-corrected chi connectivity index (χ1v) is 4.79. The van der Waals surface area contributed by atoms with Gasteiger partial charge in [-0.2, -0.15) is 0 Å². The summed E-state index contributed by atoms with van der Waals surface area (Å²) in [5.74, 6) is -0.227. The fraction of sp³-hybridized carbons (Fsp3) is 0.429. The largest absolute Gasteiger partial charge is 0.311 e. The molecule has 0 radical (unpaired) electrons. The Morgan fingerprint density at radius 3 is 3.15 bits per heavy atom. The van der Waals surface area contributed by atoms with Crippen LogP contribution in [0.1, 0.15) is 9.67 Å². The molecule has 70 valence electrons. The molecule has 2 N–H and O–H groups in total. The van der Waals surface area contributed by atoms with Crippen LogP contribution in [0, 0.1) is 0 Å². The number of hydroxylamine groups is 1. The molecule has 2 heterocycles. The Morgan fingerprint density at radius 1 is 1.77 bits per heavy atom. The summed E-state index contributed by atoms with van der Waals surface area (Å²) in [6, 6.07) is 0. The SMILES string of the molecule is O=C(NOC1CNC1)c1cncs1. The number of hydrogen-bond acceptors (Lipinski definition) is 5. The molecule has 5 nitrogen and oxygen atoms in total. The normalized spacial score (nSPS) is 16.6. The van der Waals surface area contributed by atoms with Crippen LogP contribution in [0.2, 0.25) is 0 Å². The number of nitrogens with zero attached hydrogens (tertiary/aromatic N) is 1. The molecule has 2 rings (SSSR count). The van der Waals surface area contributed by atoms with Gasteiger partial charge in [0.2, 0.25) is 0 Å². The fourth-order valence-corrected chi connectivity index (χ4v) is 1.37. The summed E-state index contributed by atoms with van der Waals surface area (Å²) in [5, 5.41) is 3.03. The summed E-state index contributed by atoms with van der Waals surface area (Å²) in [4.78, 5) is 20.7. The van der Waals surface area contributed by atoms with E-state index in [4.69, 9.17) is 4.84 Å². The molecule has 0 unspecified atom stereocenters. The fourth-order valence-electron chi connectivity index (χ4n) is 0.861. The number of carbonyl (C=O) groups excluding carboxylic acids is 1. The number of aromatic nitrogens is 1. The molecule has 1 fully saturated rings. The van der Waals surface area contributed by atoms with Crippen molar-refractivity contribution < 1.29 is 9.63 Å². The zero-order valence-corrected chi connectivity index (χ0v) is 7.63. The van der Waals surface area contributed by atoms with Crippen molar-refractivity contribution in [3.63, 3.8) is 0 Å². The number of amides is 1. The summed E-state index contributed by atoms with van der Waals surface area (Å²) in [7, 11) is 0. The lowest BCUT2D eigenvalue weighted by Crippen LogP contribution is -2.51. The molecule has 0 atom stereocenters. The van der Waals surface area contributed by atoms with E-state index in [1.807, 2.05) is 0 Å². The van der Waals surface area contributed by atoms with Gasteiger partial charge in [0.25, 0.3) is 5.91 Å². The van der Waals surface area contributed by atoms with Crippen molar-refractivity contribution in [3.8, 4) is 0 Å². The molecule has 1 saturated heterocycles. The maximum Gasteiger partial charge on any atom is 0.286 e. The Balaban J connectivity index is 1.78. The average Bonchev–Trinajstić information content (AvgIpc) is 2.52. The predicted octanol–water partition coefficient (Wildman–Crippen LogP) is -0.224. The van der Waals surface area contributed by atoms with E-state index < -0.39 is 0 Å². The molecule has 0 aromatic carbocycles. The van der Waals surface area contributed by atoms with Crippen LogP contribution in [-0.2, 0) is 4.84 Å². The van der Waals surface area contributed by atoms with Gasteiger partial charge in [0.15, 0.2) is 0 Å². The van der Waals surface area contributed by atoms with Crippen molar-refractivity contribution in [2.45, 2.75) is 6.10 Å². The molecule has 0 bridgehead atoms. The first-order chi connectivity index (χ1) is 6.36. The quantitative estimate of drug-likeness (QED) is 0.660. The van der Waals surface area contributed by atoms with Gasteiger partial charge in [-0.25, -0.2) is 5.48 Å². The van der Waals surface area contributed by atoms with E-state index in [2.05, 4.69) is 15.8 Å². The Hall–Kier alpha value is -0.980. The van der Waals surface area contributed by atoms with Gasteiger partial charge in [0.1, 0.15) is 11.0 Å². The third kappa shape index (κ3) is 2.03. The minimum absolute atomic E-state index is 0.108. The molecule has 6 heteroatoms. The monoisotopic (exact) mass is 199 g/mol. The minimum atomic E-state index is -0.227. The van der Waals surface area contributed by atoms with E-state index in [1.54, 1.807) is 5.51 Å². The van der Waals surface area contributed by atoms with Crippen LogP contribution in [0.25, 0.3) is 0 Å². The lowest BCUT2D eigenvalue weighted by atomic mass is 10.2. The van der Waals surface area contributed by atoms with Crippen molar-refractivity contribution >= 4 is 17.2 Å². The van der Waals surface area contributed by atoms with Crippen molar-refractivity contribution in [1.82, 2.24) is 15.8 Å². The first-order valence-electron chi connectivity index (χ1n) is 3.91. The second-order valence-corrected chi connectivity index (χ2v) is 3.58. The van der Waals surface area contributed by atoms with E-state index in [-0.39, 0.29) is 12.0 Å². The van der Waals surface area contributed by atoms with E-state index in [0.29, 0.717) is 4.88 Å². The molecular formula is C7H9N3O2S. The third-order valence-electron chi connectivity index (χ3n) is 1.72. The van der Waals surface area contributed by atoms with Gasteiger partial charge in [-0.3, -0.25) is 14.6 Å². The highest BCUT2D eigenvalue weighted by Crippen LogP contribution is 2.05. The molecule has 13 heavy (non-hydrogen) atoms. The van der Waals surface area contributed by atoms with Gasteiger partial charge in [-0.15, -0.1) is 11.3 Å². The molecule has 0 aliphatic carbocycles. The number of hydrogen-bond donors (Lipinski definition) is 2. The van der Waals surface area contributed by atoms with E-state index in [0.717, 1.165) is 13.1 Å². The maximum atomic E-state index is 11.3. The third-order valence-corrected chi connectivity index (χ3v) is 2.49. The second kappa shape index (κ2) is 3.82. The highest BCUT2D eigenvalue weighted by atomic mass is 32.1. The van der Waals surface area contributed by atoms with Gasteiger partial charge in [-0.1, -0.05) is 0 Å². The first kappa shape index (κ1) is 8.61. The van der Waals surface area contributed by atoms with Gasteiger partial charge in [0.05, 0.1) is 11.7 Å². The van der Waals surface area contributed by atoms with Crippen LogP contribution >= 0.6 is 11.3 Å². The molecule has 1 amide bonds. The summed E-state index contributed by atoms with van der Waals surface area (Å²) in [6.07, 6.45) is 1.62. The van der Waals surface area contributed by atoms with Crippen LogP contribution in [0.4, 0.5) is 0 Å². The van der Waals surface area contributed by atoms with E-state index >= 15 is 0 Å². The summed E-state index contributed by atoms with van der Waals surface area (Å²) in [5.41, 5.74) is 3.99. The van der Waals surface area contributed by atoms with Gasteiger partial charge in [0, 0.05) is 13.1 Å². The molecule has 1 aromatic rings. The van der Waals surface area contributed by atoms with Gasteiger partial charge < -0.3 is 5.32 Å². The Morgan fingerprint density at radius 2 is 2.62 bits per heavy atom. The van der Waals surface area contributed by atoms with Crippen molar-refractivity contribution in [3.05, 3.63) is 16.6 Å². The Bertz CT molecular complexity index is 284. The van der Waals surface area contributed by atoms with Crippen molar-refractivity contribution in [2.24, 2.45) is 0 Å². The molecular weight excluding hydrogens is 190 g/mol. The highest BCUT2D eigenvalue weighted by molar-refractivity contribution is 7.11. The minimum Gasteiger partial charge on any atom is -0.311 e. The number of rotatable bonds is 3. The Kier molecular flexibility index (Phi) is 2.53.